The molecule has 3 aliphatic heterocycles. The predicted molar refractivity (Wildman–Crippen MR) is 122 cm³/mol. The van der Waals surface area contributed by atoms with E-state index < -0.39 is 0 Å². The van der Waals surface area contributed by atoms with Gasteiger partial charge in [-0.3, -0.25) is 4.90 Å². The number of rotatable bonds is 8. The second-order valence-corrected chi connectivity index (χ2v) is 8.90. The van der Waals surface area contributed by atoms with Crippen LogP contribution in [0.2, 0.25) is 0 Å². The SMILES string of the molecule is Cc1nnc(CN=C(NCCN2CCOCC2)N2CCC(OCC3CCCO3)CC2)n1C. The molecule has 180 valence electrons. The smallest absolute Gasteiger partial charge is 0.194 e. The number of aromatic nitrogens is 3. The van der Waals surface area contributed by atoms with Crippen LogP contribution >= 0.6 is 0 Å². The van der Waals surface area contributed by atoms with Crippen LogP contribution in [0.3, 0.4) is 0 Å². The van der Waals surface area contributed by atoms with Crippen molar-refractivity contribution in [3.05, 3.63) is 11.6 Å². The lowest BCUT2D eigenvalue weighted by Crippen LogP contribution is -2.49. The lowest BCUT2D eigenvalue weighted by molar-refractivity contribution is -0.0367. The quantitative estimate of drug-likeness (QED) is 0.455. The van der Waals surface area contributed by atoms with Crippen molar-refractivity contribution in [2.45, 2.75) is 51.4 Å². The molecule has 0 saturated carbocycles. The van der Waals surface area contributed by atoms with Crippen LogP contribution in [0.5, 0.6) is 0 Å². The maximum absolute atomic E-state index is 6.15. The highest BCUT2D eigenvalue weighted by atomic mass is 16.5. The molecule has 10 heteroatoms. The van der Waals surface area contributed by atoms with E-state index in [2.05, 4.69) is 25.3 Å². The minimum absolute atomic E-state index is 0.293. The molecule has 3 fully saturated rings. The van der Waals surface area contributed by atoms with Crippen LogP contribution < -0.4 is 5.32 Å². The van der Waals surface area contributed by atoms with Gasteiger partial charge in [0.05, 0.1) is 32.0 Å². The summed E-state index contributed by atoms with van der Waals surface area (Å²) in [4.78, 5) is 9.70. The summed E-state index contributed by atoms with van der Waals surface area (Å²) in [5.41, 5.74) is 0. The van der Waals surface area contributed by atoms with E-state index >= 15 is 0 Å². The number of hydrogen-bond donors (Lipinski definition) is 1. The molecule has 0 radical (unpaired) electrons. The summed E-state index contributed by atoms with van der Waals surface area (Å²) in [6, 6.07) is 0. The van der Waals surface area contributed by atoms with Gasteiger partial charge in [0.2, 0.25) is 0 Å². The number of nitrogens with zero attached hydrogens (tertiary/aromatic N) is 6. The molecule has 3 aliphatic rings. The van der Waals surface area contributed by atoms with E-state index in [-0.39, 0.29) is 0 Å². The van der Waals surface area contributed by atoms with Gasteiger partial charge in [0, 0.05) is 52.9 Å². The molecule has 4 heterocycles. The summed E-state index contributed by atoms with van der Waals surface area (Å²) in [5.74, 6) is 2.74. The Balaban J connectivity index is 1.29. The molecule has 0 spiro atoms. The van der Waals surface area contributed by atoms with Crippen molar-refractivity contribution >= 4 is 5.96 Å². The van der Waals surface area contributed by atoms with Crippen LogP contribution in [0.4, 0.5) is 0 Å². The van der Waals surface area contributed by atoms with Crippen molar-refractivity contribution in [1.29, 1.82) is 0 Å². The van der Waals surface area contributed by atoms with E-state index in [4.69, 9.17) is 19.2 Å². The van der Waals surface area contributed by atoms with Gasteiger partial charge in [-0.25, -0.2) is 4.99 Å². The van der Waals surface area contributed by atoms with Crippen LogP contribution in [-0.4, -0.2) is 108 Å². The number of piperidine rings is 1. The highest BCUT2D eigenvalue weighted by molar-refractivity contribution is 5.80. The molecule has 1 atom stereocenters. The number of nitrogens with one attached hydrogen (secondary N) is 1. The Morgan fingerprint density at radius 3 is 2.62 bits per heavy atom. The first-order valence-corrected chi connectivity index (χ1v) is 12.1. The minimum atomic E-state index is 0.293. The second kappa shape index (κ2) is 11.9. The fourth-order valence-electron chi connectivity index (χ4n) is 4.41. The average molecular weight is 450 g/mol. The fourth-order valence-corrected chi connectivity index (χ4v) is 4.41. The Morgan fingerprint density at radius 2 is 1.94 bits per heavy atom. The zero-order valence-corrected chi connectivity index (χ0v) is 19.7. The Bertz CT molecular complexity index is 721. The third-order valence-corrected chi connectivity index (χ3v) is 6.65. The number of aliphatic imine (C=N–C) groups is 1. The topological polar surface area (TPSA) is 89.3 Å². The van der Waals surface area contributed by atoms with Gasteiger partial charge in [-0.2, -0.15) is 0 Å². The molecule has 10 nitrogen and oxygen atoms in total. The van der Waals surface area contributed by atoms with Gasteiger partial charge >= 0.3 is 0 Å². The highest BCUT2D eigenvalue weighted by Crippen LogP contribution is 2.18. The minimum Gasteiger partial charge on any atom is -0.379 e. The van der Waals surface area contributed by atoms with E-state index in [0.29, 0.717) is 18.8 Å². The first-order valence-electron chi connectivity index (χ1n) is 12.1. The molecule has 0 amide bonds. The molecule has 0 bridgehead atoms. The van der Waals surface area contributed by atoms with Gasteiger partial charge in [-0.15, -0.1) is 10.2 Å². The monoisotopic (exact) mass is 449 g/mol. The van der Waals surface area contributed by atoms with E-state index in [1.807, 2.05) is 18.5 Å². The van der Waals surface area contributed by atoms with Gasteiger partial charge in [0.1, 0.15) is 12.4 Å². The molecule has 1 N–H and O–H groups in total. The lowest BCUT2D eigenvalue weighted by Gasteiger charge is -2.35. The van der Waals surface area contributed by atoms with Crippen LogP contribution in [0.15, 0.2) is 4.99 Å². The predicted octanol–water partition coefficient (Wildman–Crippen LogP) is 0.561. The van der Waals surface area contributed by atoms with Crippen molar-refractivity contribution < 1.29 is 14.2 Å². The summed E-state index contributed by atoms with van der Waals surface area (Å²) in [5, 5.41) is 12.0. The number of morpholine rings is 1. The third-order valence-electron chi connectivity index (χ3n) is 6.65. The number of ether oxygens (including phenoxy) is 3. The first kappa shape index (κ1) is 23.4. The molecule has 32 heavy (non-hydrogen) atoms. The van der Waals surface area contributed by atoms with E-state index in [1.54, 1.807) is 0 Å². The van der Waals surface area contributed by atoms with Crippen molar-refractivity contribution in [1.82, 2.24) is 29.9 Å². The summed E-state index contributed by atoms with van der Waals surface area (Å²) >= 11 is 0. The maximum atomic E-state index is 6.15. The zero-order chi connectivity index (χ0) is 22.2. The number of hydrogen-bond acceptors (Lipinski definition) is 7. The van der Waals surface area contributed by atoms with Crippen molar-refractivity contribution in [2.24, 2.45) is 12.0 Å². The second-order valence-electron chi connectivity index (χ2n) is 8.90. The Kier molecular flexibility index (Phi) is 8.72. The Labute approximate surface area is 191 Å². The molecule has 1 aromatic heterocycles. The molecular weight excluding hydrogens is 410 g/mol. The lowest BCUT2D eigenvalue weighted by atomic mass is 10.1. The van der Waals surface area contributed by atoms with Crippen molar-refractivity contribution in [3.63, 3.8) is 0 Å². The van der Waals surface area contributed by atoms with Gasteiger partial charge in [0.15, 0.2) is 11.8 Å². The molecular formula is C22H39N7O3. The van der Waals surface area contributed by atoms with E-state index in [0.717, 1.165) is 109 Å². The normalized spacial score (nSPS) is 23.8. The fraction of sp³-hybridized carbons (Fsp3) is 0.864. The number of aryl methyl sites for hydroxylation is 1. The number of likely N-dealkylation sites (tertiary alicyclic amines) is 1. The molecule has 3 saturated heterocycles. The Hall–Kier alpha value is -1.75. The molecule has 4 rings (SSSR count). The van der Waals surface area contributed by atoms with Crippen LogP contribution in [0.25, 0.3) is 0 Å². The standard InChI is InChI=1S/C22H39N7O3/c1-18-25-26-21(27(18)2)16-24-22(23-7-10-28-11-14-30-15-12-28)29-8-5-19(6-9-29)32-17-20-4-3-13-31-20/h19-20H,3-17H2,1-2H3,(H,23,24). The van der Waals surface area contributed by atoms with Crippen molar-refractivity contribution in [2.75, 3.05) is 65.7 Å². The Morgan fingerprint density at radius 1 is 1.12 bits per heavy atom. The summed E-state index contributed by atoms with van der Waals surface area (Å²) in [7, 11) is 1.99. The summed E-state index contributed by atoms with van der Waals surface area (Å²) in [6.07, 6.45) is 4.92. The van der Waals surface area contributed by atoms with Gasteiger partial charge in [-0.1, -0.05) is 0 Å². The van der Waals surface area contributed by atoms with E-state index in [1.165, 1.54) is 0 Å². The van der Waals surface area contributed by atoms with Gasteiger partial charge < -0.3 is 29.0 Å². The molecule has 0 aromatic carbocycles. The van der Waals surface area contributed by atoms with Gasteiger partial charge in [-0.05, 0) is 32.6 Å². The van der Waals surface area contributed by atoms with E-state index in [9.17, 15) is 0 Å². The molecule has 1 unspecified atom stereocenters. The molecule has 0 aliphatic carbocycles. The third kappa shape index (κ3) is 6.63. The average Bonchev–Trinajstić information content (AvgIpc) is 3.46. The highest BCUT2D eigenvalue weighted by Gasteiger charge is 2.24. The first-order chi connectivity index (χ1) is 15.7. The van der Waals surface area contributed by atoms with Crippen LogP contribution in [-0.2, 0) is 27.8 Å². The van der Waals surface area contributed by atoms with Gasteiger partial charge in [0.25, 0.3) is 0 Å². The summed E-state index contributed by atoms with van der Waals surface area (Å²) in [6.45, 7) is 11.5. The largest absolute Gasteiger partial charge is 0.379 e. The summed E-state index contributed by atoms with van der Waals surface area (Å²) < 4.78 is 19.3. The van der Waals surface area contributed by atoms with Crippen LogP contribution in [0.1, 0.15) is 37.3 Å². The maximum Gasteiger partial charge on any atom is 0.194 e. The van der Waals surface area contributed by atoms with Crippen molar-refractivity contribution in [3.8, 4) is 0 Å². The number of guanidine groups is 1. The molecule has 1 aromatic rings. The van der Waals surface area contributed by atoms with Crippen LogP contribution in [0, 0.1) is 6.92 Å². The zero-order valence-electron chi connectivity index (χ0n) is 19.7.